The molecule has 0 aliphatic rings. The first-order valence-corrected chi connectivity index (χ1v) is 6.76. The molecular formula is C16H20N2O2. The Labute approximate surface area is 119 Å². The number of ether oxygens (including phenoxy) is 1. The largest absolute Gasteiger partial charge is 0.465 e. The molecule has 0 radical (unpaired) electrons. The van der Waals surface area contributed by atoms with E-state index in [0.717, 1.165) is 17.1 Å². The van der Waals surface area contributed by atoms with Crippen LogP contribution in [0.25, 0.3) is 5.69 Å². The molecule has 2 rings (SSSR count). The van der Waals surface area contributed by atoms with E-state index in [0.29, 0.717) is 6.61 Å². The first-order valence-electron chi connectivity index (χ1n) is 6.76. The number of rotatable bonds is 4. The van der Waals surface area contributed by atoms with E-state index >= 15 is 0 Å². The molecule has 2 aromatic rings. The third kappa shape index (κ3) is 2.59. The zero-order valence-corrected chi connectivity index (χ0v) is 12.4. The molecule has 1 aromatic carbocycles. The number of para-hydroxylation sites is 1. The highest BCUT2D eigenvalue weighted by Gasteiger charge is 2.34. The molecule has 20 heavy (non-hydrogen) atoms. The molecule has 106 valence electrons. The van der Waals surface area contributed by atoms with E-state index in [4.69, 9.17) is 4.74 Å². The van der Waals surface area contributed by atoms with Gasteiger partial charge in [0.1, 0.15) is 5.41 Å². The first kappa shape index (κ1) is 14.3. The molecule has 0 fully saturated rings. The van der Waals surface area contributed by atoms with Crippen molar-refractivity contribution in [3.63, 3.8) is 0 Å². The van der Waals surface area contributed by atoms with Gasteiger partial charge in [-0.3, -0.25) is 4.79 Å². The van der Waals surface area contributed by atoms with Gasteiger partial charge in [-0.1, -0.05) is 18.2 Å². The fourth-order valence-corrected chi connectivity index (χ4v) is 2.03. The van der Waals surface area contributed by atoms with Crippen molar-refractivity contribution in [2.24, 2.45) is 0 Å². The second kappa shape index (κ2) is 5.49. The highest BCUT2D eigenvalue weighted by Crippen LogP contribution is 2.25. The first-order chi connectivity index (χ1) is 9.46. The summed E-state index contributed by atoms with van der Waals surface area (Å²) in [6.45, 7) is 7.83. The molecule has 0 saturated carbocycles. The molecule has 0 atom stereocenters. The minimum atomic E-state index is -0.749. The van der Waals surface area contributed by atoms with Gasteiger partial charge in [0.15, 0.2) is 0 Å². The van der Waals surface area contributed by atoms with Crippen LogP contribution in [0.15, 0.2) is 36.4 Å². The molecule has 0 amide bonds. The fourth-order valence-electron chi connectivity index (χ4n) is 2.03. The third-order valence-electron chi connectivity index (χ3n) is 3.31. The summed E-state index contributed by atoms with van der Waals surface area (Å²) < 4.78 is 6.97. The van der Waals surface area contributed by atoms with Crippen LogP contribution in [0, 0.1) is 6.92 Å². The molecule has 0 spiro atoms. The quantitative estimate of drug-likeness (QED) is 0.804. The third-order valence-corrected chi connectivity index (χ3v) is 3.31. The van der Waals surface area contributed by atoms with Crippen LogP contribution in [0.1, 0.15) is 32.2 Å². The average Bonchev–Trinajstić information content (AvgIpc) is 2.83. The second-order valence-corrected chi connectivity index (χ2v) is 5.26. The number of hydrogen-bond acceptors (Lipinski definition) is 3. The zero-order chi connectivity index (χ0) is 14.8. The highest BCUT2D eigenvalue weighted by molar-refractivity contribution is 5.81. The predicted octanol–water partition coefficient (Wildman–Crippen LogP) is 3.02. The molecule has 4 heteroatoms. The number of hydrogen-bond donors (Lipinski definition) is 0. The van der Waals surface area contributed by atoms with E-state index in [-0.39, 0.29) is 5.97 Å². The molecule has 0 aliphatic heterocycles. The maximum atomic E-state index is 12.1. The van der Waals surface area contributed by atoms with E-state index in [1.165, 1.54) is 0 Å². The Bertz CT molecular complexity index is 600. The van der Waals surface area contributed by atoms with Crippen molar-refractivity contribution in [1.29, 1.82) is 0 Å². The Morgan fingerprint density at radius 2 is 1.95 bits per heavy atom. The van der Waals surface area contributed by atoms with Crippen molar-refractivity contribution in [3.05, 3.63) is 47.8 Å². The molecule has 1 heterocycles. The molecule has 0 N–H and O–H groups in total. The van der Waals surface area contributed by atoms with Crippen molar-refractivity contribution in [2.75, 3.05) is 6.61 Å². The van der Waals surface area contributed by atoms with Crippen molar-refractivity contribution in [3.8, 4) is 5.69 Å². The lowest BCUT2D eigenvalue weighted by Crippen LogP contribution is -2.31. The standard InChI is InChI=1S/C16H20N2O2/c1-5-20-15(19)16(3,4)14-11-12(2)18(17-14)13-9-7-6-8-10-13/h6-11H,5H2,1-4H3. The summed E-state index contributed by atoms with van der Waals surface area (Å²) in [6.07, 6.45) is 0. The van der Waals surface area contributed by atoms with Gasteiger partial charge in [0, 0.05) is 5.69 Å². The zero-order valence-electron chi connectivity index (χ0n) is 12.4. The molecule has 0 unspecified atom stereocenters. The molecule has 0 saturated heterocycles. The van der Waals surface area contributed by atoms with Crippen LogP contribution in [0.4, 0.5) is 0 Å². The van der Waals surface area contributed by atoms with Gasteiger partial charge in [-0.2, -0.15) is 5.10 Å². The van der Waals surface area contributed by atoms with Crippen molar-refractivity contribution < 1.29 is 9.53 Å². The molecule has 4 nitrogen and oxygen atoms in total. The summed E-state index contributed by atoms with van der Waals surface area (Å²) in [4.78, 5) is 12.1. The Hall–Kier alpha value is -2.10. The van der Waals surface area contributed by atoms with E-state index in [2.05, 4.69) is 5.10 Å². The van der Waals surface area contributed by atoms with Crippen LogP contribution < -0.4 is 0 Å². The minimum absolute atomic E-state index is 0.252. The van der Waals surface area contributed by atoms with Crippen LogP contribution in [-0.2, 0) is 14.9 Å². The van der Waals surface area contributed by atoms with Gasteiger partial charge in [0.2, 0.25) is 0 Å². The maximum absolute atomic E-state index is 12.1. The second-order valence-electron chi connectivity index (χ2n) is 5.26. The van der Waals surface area contributed by atoms with Crippen molar-refractivity contribution in [2.45, 2.75) is 33.1 Å². The number of aryl methyl sites for hydroxylation is 1. The minimum Gasteiger partial charge on any atom is -0.465 e. The number of carbonyl (C=O) groups excluding carboxylic acids is 1. The molecule has 0 aliphatic carbocycles. The van der Waals surface area contributed by atoms with Gasteiger partial charge in [0.05, 0.1) is 18.0 Å². The van der Waals surface area contributed by atoms with Crippen LogP contribution >= 0.6 is 0 Å². The SMILES string of the molecule is CCOC(=O)C(C)(C)c1cc(C)n(-c2ccccc2)n1. The number of nitrogens with zero attached hydrogens (tertiary/aromatic N) is 2. The molecular weight excluding hydrogens is 252 g/mol. The molecule has 1 aromatic heterocycles. The van der Waals surface area contributed by atoms with Gasteiger partial charge in [-0.05, 0) is 45.9 Å². The summed E-state index contributed by atoms with van der Waals surface area (Å²) in [5, 5.41) is 4.57. The lowest BCUT2D eigenvalue weighted by Gasteiger charge is -2.19. The Morgan fingerprint density at radius 3 is 2.55 bits per heavy atom. The summed E-state index contributed by atoms with van der Waals surface area (Å²) in [5.74, 6) is -0.252. The van der Waals surface area contributed by atoms with Gasteiger partial charge >= 0.3 is 5.97 Å². The normalized spacial score (nSPS) is 11.4. The lowest BCUT2D eigenvalue weighted by atomic mass is 9.89. The van der Waals surface area contributed by atoms with E-state index in [9.17, 15) is 4.79 Å². The number of benzene rings is 1. The highest BCUT2D eigenvalue weighted by atomic mass is 16.5. The number of aromatic nitrogens is 2. The monoisotopic (exact) mass is 272 g/mol. The van der Waals surface area contributed by atoms with E-state index in [1.807, 2.05) is 68.8 Å². The Kier molecular flexibility index (Phi) is 3.93. The lowest BCUT2D eigenvalue weighted by molar-refractivity contribution is -0.148. The fraction of sp³-hybridized carbons (Fsp3) is 0.375. The number of carbonyl (C=O) groups is 1. The summed E-state index contributed by atoms with van der Waals surface area (Å²) >= 11 is 0. The topological polar surface area (TPSA) is 44.1 Å². The summed E-state index contributed by atoms with van der Waals surface area (Å²) in [5.41, 5.74) is 1.94. The number of esters is 1. The summed E-state index contributed by atoms with van der Waals surface area (Å²) in [7, 11) is 0. The van der Waals surface area contributed by atoms with Crippen molar-refractivity contribution in [1.82, 2.24) is 9.78 Å². The van der Waals surface area contributed by atoms with Gasteiger partial charge in [-0.25, -0.2) is 4.68 Å². The van der Waals surface area contributed by atoms with Crippen molar-refractivity contribution >= 4 is 5.97 Å². The Balaban J connectivity index is 2.39. The van der Waals surface area contributed by atoms with Crippen LogP contribution in [0.2, 0.25) is 0 Å². The van der Waals surface area contributed by atoms with Gasteiger partial charge < -0.3 is 4.74 Å². The van der Waals surface area contributed by atoms with Gasteiger partial charge in [-0.15, -0.1) is 0 Å². The van der Waals surface area contributed by atoms with Crippen LogP contribution in [0.3, 0.4) is 0 Å². The predicted molar refractivity (Wildman–Crippen MR) is 78.0 cm³/mol. The maximum Gasteiger partial charge on any atom is 0.317 e. The molecule has 0 bridgehead atoms. The van der Waals surface area contributed by atoms with Crippen LogP contribution in [0.5, 0.6) is 0 Å². The van der Waals surface area contributed by atoms with E-state index < -0.39 is 5.41 Å². The Morgan fingerprint density at radius 1 is 1.30 bits per heavy atom. The van der Waals surface area contributed by atoms with Gasteiger partial charge in [0.25, 0.3) is 0 Å². The smallest absolute Gasteiger partial charge is 0.317 e. The average molecular weight is 272 g/mol. The van der Waals surface area contributed by atoms with Crippen LogP contribution in [-0.4, -0.2) is 22.4 Å². The summed E-state index contributed by atoms with van der Waals surface area (Å²) in [6, 6.07) is 11.8. The van der Waals surface area contributed by atoms with E-state index in [1.54, 1.807) is 0 Å².